The fourth-order valence-corrected chi connectivity index (χ4v) is 2.24. The average molecular weight is 284 g/mol. The van der Waals surface area contributed by atoms with Gasteiger partial charge in [0.2, 0.25) is 0 Å². The molecule has 0 aliphatic heterocycles. The SMILES string of the molecule is Cc1cccc(CCNCCc2ccc([N+](=O)[O-])cc2)c1. The van der Waals surface area contributed by atoms with Crippen LogP contribution in [0.15, 0.2) is 48.5 Å². The van der Waals surface area contributed by atoms with E-state index < -0.39 is 0 Å². The molecule has 0 bridgehead atoms. The normalized spacial score (nSPS) is 10.5. The van der Waals surface area contributed by atoms with Crippen molar-refractivity contribution in [2.45, 2.75) is 19.8 Å². The van der Waals surface area contributed by atoms with E-state index in [1.807, 2.05) is 12.1 Å². The molecule has 0 spiro atoms. The van der Waals surface area contributed by atoms with Crippen LogP contribution in [0.25, 0.3) is 0 Å². The maximum Gasteiger partial charge on any atom is 0.269 e. The van der Waals surface area contributed by atoms with Gasteiger partial charge in [-0.05, 0) is 44.0 Å². The van der Waals surface area contributed by atoms with Crippen LogP contribution in [0.5, 0.6) is 0 Å². The highest BCUT2D eigenvalue weighted by Gasteiger charge is 2.03. The Morgan fingerprint density at radius 1 is 1.00 bits per heavy atom. The molecule has 4 nitrogen and oxygen atoms in total. The van der Waals surface area contributed by atoms with E-state index in [1.165, 1.54) is 11.1 Å². The molecule has 0 amide bonds. The molecule has 0 saturated carbocycles. The van der Waals surface area contributed by atoms with Crippen molar-refractivity contribution < 1.29 is 4.92 Å². The zero-order valence-corrected chi connectivity index (χ0v) is 12.2. The summed E-state index contributed by atoms with van der Waals surface area (Å²) < 4.78 is 0. The Morgan fingerprint density at radius 2 is 1.67 bits per heavy atom. The summed E-state index contributed by atoms with van der Waals surface area (Å²) in [5.41, 5.74) is 3.89. The minimum atomic E-state index is -0.371. The summed E-state index contributed by atoms with van der Waals surface area (Å²) in [6.07, 6.45) is 1.90. The maximum absolute atomic E-state index is 10.6. The van der Waals surface area contributed by atoms with Gasteiger partial charge in [0.05, 0.1) is 4.92 Å². The highest BCUT2D eigenvalue weighted by Crippen LogP contribution is 2.12. The summed E-state index contributed by atoms with van der Waals surface area (Å²) in [5.74, 6) is 0. The predicted octanol–water partition coefficient (Wildman–Crippen LogP) is 3.28. The first-order valence-corrected chi connectivity index (χ1v) is 7.15. The van der Waals surface area contributed by atoms with Crippen molar-refractivity contribution in [3.8, 4) is 0 Å². The molecule has 4 heteroatoms. The Balaban J connectivity index is 1.69. The fourth-order valence-electron chi connectivity index (χ4n) is 2.24. The zero-order chi connectivity index (χ0) is 15.1. The third-order valence-electron chi connectivity index (χ3n) is 3.41. The summed E-state index contributed by atoms with van der Waals surface area (Å²) >= 11 is 0. The minimum Gasteiger partial charge on any atom is -0.316 e. The molecule has 21 heavy (non-hydrogen) atoms. The molecule has 0 fully saturated rings. The lowest BCUT2D eigenvalue weighted by Gasteiger charge is -2.06. The van der Waals surface area contributed by atoms with Gasteiger partial charge in [-0.2, -0.15) is 0 Å². The topological polar surface area (TPSA) is 55.2 Å². The number of nitrogens with one attached hydrogen (secondary N) is 1. The van der Waals surface area contributed by atoms with Crippen LogP contribution < -0.4 is 5.32 Å². The number of non-ortho nitro benzene ring substituents is 1. The number of aryl methyl sites for hydroxylation is 1. The largest absolute Gasteiger partial charge is 0.316 e. The van der Waals surface area contributed by atoms with Crippen molar-refractivity contribution >= 4 is 5.69 Å². The number of hydrogen-bond acceptors (Lipinski definition) is 3. The third kappa shape index (κ3) is 5.00. The van der Waals surface area contributed by atoms with Crippen LogP contribution in [0.3, 0.4) is 0 Å². The molecule has 0 unspecified atom stereocenters. The van der Waals surface area contributed by atoms with Crippen molar-refractivity contribution in [3.05, 3.63) is 75.3 Å². The van der Waals surface area contributed by atoms with E-state index in [-0.39, 0.29) is 10.6 Å². The highest BCUT2D eigenvalue weighted by atomic mass is 16.6. The van der Waals surface area contributed by atoms with Gasteiger partial charge in [-0.1, -0.05) is 42.0 Å². The Kier molecular flexibility index (Phi) is 5.46. The van der Waals surface area contributed by atoms with E-state index in [1.54, 1.807) is 12.1 Å². The lowest BCUT2D eigenvalue weighted by molar-refractivity contribution is -0.384. The summed E-state index contributed by atoms with van der Waals surface area (Å²) in [4.78, 5) is 10.2. The van der Waals surface area contributed by atoms with E-state index in [9.17, 15) is 10.1 Å². The molecule has 0 saturated heterocycles. The molecule has 0 aliphatic carbocycles. The van der Waals surface area contributed by atoms with Crippen LogP contribution in [0.4, 0.5) is 5.69 Å². The molecule has 2 aromatic rings. The van der Waals surface area contributed by atoms with Gasteiger partial charge in [0.15, 0.2) is 0 Å². The molecule has 0 radical (unpaired) electrons. The van der Waals surface area contributed by atoms with E-state index in [4.69, 9.17) is 0 Å². The molecule has 2 rings (SSSR count). The number of nitro benzene ring substituents is 1. The lowest BCUT2D eigenvalue weighted by atomic mass is 10.1. The monoisotopic (exact) mass is 284 g/mol. The van der Waals surface area contributed by atoms with Crippen LogP contribution in [0.2, 0.25) is 0 Å². The van der Waals surface area contributed by atoms with E-state index in [2.05, 4.69) is 36.5 Å². The molecular weight excluding hydrogens is 264 g/mol. The first-order chi connectivity index (χ1) is 10.1. The predicted molar refractivity (Wildman–Crippen MR) is 84.6 cm³/mol. The van der Waals surface area contributed by atoms with Gasteiger partial charge in [0.1, 0.15) is 0 Å². The van der Waals surface area contributed by atoms with Crippen LogP contribution in [0, 0.1) is 17.0 Å². The second-order valence-corrected chi connectivity index (χ2v) is 5.16. The van der Waals surface area contributed by atoms with Gasteiger partial charge in [-0.15, -0.1) is 0 Å². The Hall–Kier alpha value is -2.20. The highest BCUT2D eigenvalue weighted by molar-refractivity contribution is 5.32. The molecule has 0 atom stereocenters. The Morgan fingerprint density at radius 3 is 2.29 bits per heavy atom. The lowest BCUT2D eigenvalue weighted by Crippen LogP contribution is -2.20. The van der Waals surface area contributed by atoms with Crippen molar-refractivity contribution in [1.29, 1.82) is 0 Å². The summed E-state index contributed by atoms with van der Waals surface area (Å²) in [7, 11) is 0. The fraction of sp³-hybridized carbons (Fsp3) is 0.294. The van der Waals surface area contributed by atoms with Crippen molar-refractivity contribution in [1.82, 2.24) is 5.32 Å². The van der Waals surface area contributed by atoms with Gasteiger partial charge < -0.3 is 5.32 Å². The third-order valence-corrected chi connectivity index (χ3v) is 3.41. The van der Waals surface area contributed by atoms with Crippen LogP contribution in [-0.2, 0) is 12.8 Å². The molecule has 0 aromatic heterocycles. The summed E-state index contributed by atoms with van der Waals surface area (Å²) in [5, 5.41) is 14.0. The number of nitro groups is 1. The minimum absolute atomic E-state index is 0.145. The van der Waals surface area contributed by atoms with Gasteiger partial charge in [-0.25, -0.2) is 0 Å². The second kappa shape index (κ2) is 7.55. The summed E-state index contributed by atoms with van der Waals surface area (Å²) in [6.45, 7) is 3.92. The molecule has 2 aromatic carbocycles. The van der Waals surface area contributed by atoms with Gasteiger partial charge >= 0.3 is 0 Å². The van der Waals surface area contributed by atoms with Crippen LogP contribution in [0.1, 0.15) is 16.7 Å². The van der Waals surface area contributed by atoms with E-state index in [0.29, 0.717) is 0 Å². The quantitative estimate of drug-likeness (QED) is 0.482. The van der Waals surface area contributed by atoms with Crippen molar-refractivity contribution in [2.24, 2.45) is 0 Å². The van der Waals surface area contributed by atoms with E-state index >= 15 is 0 Å². The first-order valence-electron chi connectivity index (χ1n) is 7.15. The molecule has 0 heterocycles. The van der Waals surface area contributed by atoms with E-state index in [0.717, 1.165) is 31.5 Å². The molecule has 0 aliphatic rings. The summed E-state index contributed by atoms with van der Waals surface area (Å²) in [6, 6.07) is 15.3. The standard InChI is InChI=1S/C17H20N2O2/c1-14-3-2-4-16(13-14)10-12-18-11-9-15-5-7-17(8-6-15)19(20)21/h2-8,13,18H,9-12H2,1H3. The van der Waals surface area contributed by atoms with Crippen LogP contribution in [-0.4, -0.2) is 18.0 Å². The van der Waals surface area contributed by atoms with Gasteiger partial charge in [-0.3, -0.25) is 10.1 Å². The Bertz CT molecular complexity index is 594. The van der Waals surface area contributed by atoms with Gasteiger partial charge in [0.25, 0.3) is 5.69 Å². The second-order valence-electron chi connectivity index (χ2n) is 5.16. The van der Waals surface area contributed by atoms with Crippen LogP contribution >= 0.6 is 0 Å². The van der Waals surface area contributed by atoms with Gasteiger partial charge in [0, 0.05) is 12.1 Å². The number of rotatable bonds is 7. The molecular formula is C17H20N2O2. The average Bonchev–Trinajstić information content (AvgIpc) is 2.47. The first kappa shape index (κ1) is 15.2. The van der Waals surface area contributed by atoms with Crippen molar-refractivity contribution in [3.63, 3.8) is 0 Å². The maximum atomic E-state index is 10.6. The number of hydrogen-bond donors (Lipinski definition) is 1. The Labute approximate surface area is 125 Å². The smallest absolute Gasteiger partial charge is 0.269 e. The number of nitrogens with zero attached hydrogens (tertiary/aromatic N) is 1. The number of benzene rings is 2. The van der Waals surface area contributed by atoms with Crippen molar-refractivity contribution in [2.75, 3.05) is 13.1 Å². The molecule has 110 valence electrons. The zero-order valence-electron chi connectivity index (χ0n) is 12.2. The molecule has 1 N–H and O–H groups in total.